The average Bonchev–Trinajstić information content (AvgIpc) is 3.39. The van der Waals surface area contributed by atoms with Gasteiger partial charge in [0.2, 0.25) is 23.6 Å². The molecule has 3 aliphatic rings. The molecule has 186 valence electrons. The highest BCUT2D eigenvalue weighted by molar-refractivity contribution is 6.35. The zero-order chi connectivity index (χ0) is 25.9. The number of carbonyl (C=O) groups is 5. The summed E-state index contributed by atoms with van der Waals surface area (Å²) in [5.41, 5.74) is 5.91. The zero-order valence-corrected chi connectivity index (χ0v) is 20.2. The number of nitrogens with two attached hydrogens (primary N) is 1. The van der Waals surface area contributed by atoms with Crippen molar-refractivity contribution in [3.05, 3.63) is 58.1 Å². The zero-order valence-electron chi connectivity index (χ0n) is 19.5. The molecule has 10 nitrogen and oxygen atoms in total. The van der Waals surface area contributed by atoms with Gasteiger partial charge in [0.1, 0.15) is 5.54 Å². The number of amides is 4. The lowest BCUT2D eigenvalue weighted by Crippen LogP contribution is -2.53. The Labute approximate surface area is 211 Å². The molecule has 0 radical (unpaired) electrons. The van der Waals surface area contributed by atoms with E-state index in [1.807, 2.05) is 0 Å². The molecule has 3 aliphatic heterocycles. The predicted octanol–water partition coefficient (Wildman–Crippen LogP) is 1.63. The Morgan fingerprint density at radius 1 is 1.14 bits per heavy atom. The first-order valence-corrected chi connectivity index (χ1v) is 11.8. The largest absolute Gasteiger partial charge is 0.462 e. The molecule has 4 amide bonds. The summed E-state index contributed by atoms with van der Waals surface area (Å²) in [7, 11) is 0. The fourth-order valence-electron chi connectivity index (χ4n) is 5.60. The Morgan fingerprint density at radius 2 is 1.83 bits per heavy atom. The average molecular weight is 511 g/mol. The van der Waals surface area contributed by atoms with Gasteiger partial charge < -0.3 is 15.8 Å². The lowest BCUT2D eigenvalue weighted by atomic mass is 9.76. The first kappa shape index (κ1) is 24.0. The molecule has 11 heteroatoms. The van der Waals surface area contributed by atoms with Crippen LogP contribution in [-0.4, -0.2) is 42.2 Å². The number of ether oxygens (including phenoxy) is 1. The number of hydrogen-bond donors (Lipinski definition) is 3. The summed E-state index contributed by atoms with van der Waals surface area (Å²) in [5.74, 6) is -5.08. The monoisotopic (exact) mass is 510 g/mol. The van der Waals surface area contributed by atoms with Gasteiger partial charge in [0.05, 0.1) is 40.4 Å². The summed E-state index contributed by atoms with van der Waals surface area (Å²) >= 11 is 6.40. The molecular formula is C25H23ClN4O6. The third kappa shape index (κ3) is 3.32. The number of esters is 1. The van der Waals surface area contributed by atoms with Gasteiger partial charge in [-0.25, -0.2) is 9.69 Å². The molecule has 0 aliphatic carbocycles. The van der Waals surface area contributed by atoms with Gasteiger partial charge in [0.25, 0.3) is 0 Å². The van der Waals surface area contributed by atoms with Crippen LogP contribution in [0.4, 0.5) is 11.4 Å². The number of fused-ring (bicyclic) bond motifs is 4. The molecule has 0 bridgehead atoms. The van der Waals surface area contributed by atoms with Crippen molar-refractivity contribution in [2.75, 3.05) is 16.8 Å². The van der Waals surface area contributed by atoms with Crippen LogP contribution in [0.5, 0.6) is 0 Å². The Kier molecular flexibility index (Phi) is 5.60. The van der Waals surface area contributed by atoms with Crippen molar-refractivity contribution < 1.29 is 28.7 Å². The summed E-state index contributed by atoms with van der Waals surface area (Å²) in [6.45, 7) is 3.69. The Hall–Kier alpha value is -3.76. The van der Waals surface area contributed by atoms with Gasteiger partial charge in [0, 0.05) is 18.0 Å². The summed E-state index contributed by atoms with van der Waals surface area (Å²) in [5, 5.41) is 6.18. The number of anilines is 2. The Morgan fingerprint density at radius 3 is 2.47 bits per heavy atom. The minimum Gasteiger partial charge on any atom is -0.462 e. The normalized spacial score (nSPS) is 26.2. The second-order valence-electron chi connectivity index (χ2n) is 9.14. The molecule has 5 rings (SSSR count). The van der Waals surface area contributed by atoms with Crippen LogP contribution in [0.3, 0.4) is 0 Å². The third-order valence-electron chi connectivity index (χ3n) is 6.98. The van der Waals surface area contributed by atoms with E-state index >= 15 is 0 Å². The molecule has 0 aromatic heterocycles. The minimum atomic E-state index is -1.61. The van der Waals surface area contributed by atoms with Crippen molar-refractivity contribution in [1.29, 1.82) is 0 Å². The Balaban J connectivity index is 1.61. The van der Waals surface area contributed by atoms with Gasteiger partial charge in [-0.3, -0.25) is 24.5 Å². The topological polar surface area (TPSA) is 148 Å². The van der Waals surface area contributed by atoms with Crippen LogP contribution < -0.4 is 21.3 Å². The van der Waals surface area contributed by atoms with Crippen molar-refractivity contribution >= 4 is 52.6 Å². The van der Waals surface area contributed by atoms with E-state index in [4.69, 9.17) is 22.1 Å². The smallest absolute Gasteiger partial charge is 0.338 e. The van der Waals surface area contributed by atoms with Crippen LogP contribution in [0.15, 0.2) is 36.4 Å². The molecule has 2 unspecified atom stereocenters. The molecule has 2 aromatic carbocycles. The molecule has 0 saturated carbocycles. The molecule has 2 fully saturated rings. The standard InChI is InChI=1S/C25H23ClN4O6/c1-3-36-23(34)12-4-6-13(7-5-12)30-21(32)18-16(10-17(27)31)29-25(19(18)22(30)33)14-8-11(2)9-15(26)20(14)28-24(25)35/h4-9,16,18-19,29H,3,10H2,1-2H3,(H2,27,31)(H,28,35)/t16?,18-,19+,25?/m1/s1. The first-order chi connectivity index (χ1) is 17.1. The number of imide groups is 1. The van der Waals surface area contributed by atoms with Crippen LogP contribution in [0.25, 0.3) is 0 Å². The van der Waals surface area contributed by atoms with Crippen molar-refractivity contribution in [2.45, 2.75) is 31.8 Å². The molecule has 36 heavy (non-hydrogen) atoms. The summed E-state index contributed by atoms with van der Waals surface area (Å²) in [6.07, 6.45) is -0.250. The van der Waals surface area contributed by atoms with Crippen LogP contribution >= 0.6 is 11.6 Å². The number of carbonyl (C=O) groups excluding carboxylic acids is 5. The number of nitrogens with one attached hydrogen (secondary N) is 2. The van der Waals surface area contributed by atoms with E-state index in [9.17, 15) is 24.0 Å². The number of rotatable bonds is 5. The van der Waals surface area contributed by atoms with E-state index in [0.29, 0.717) is 16.3 Å². The number of halogens is 1. The number of benzene rings is 2. The van der Waals surface area contributed by atoms with E-state index in [0.717, 1.165) is 10.5 Å². The van der Waals surface area contributed by atoms with E-state index < -0.39 is 53.0 Å². The van der Waals surface area contributed by atoms with Gasteiger partial charge >= 0.3 is 5.97 Å². The highest BCUT2D eigenvalue weighted by Crippen LogP contribution is 2.55. The molecule has 2 aromatic rings. The maximum atomic E-state index is 13.9. The van der Waals surface area contributed by atoms with Gasteiger partial charge in [0.15, 0.2) is 0 Å². The fraction of sp³-hybridized carbons (Fsp3) is 0.320. The van der Waals surface area contributed by atoms with Gasteiger partial charge in [-0.05, 0) is 49.7 Å². The SMILES string of the molecule is CCOC(=O)c1ccc(N2C(=O)[C@@H]3C(CC(N)=O)NC4(C(=O)Nc5c(Cl)cc(C)cc54)[C@@H]3C2=O)cc1. The van der Waals surface area contributed by atoms with Gasteiger partial charge in [-0.2, -0.15) is 0 Å². The summed E-state index contributed by atoms with van der Waals surface area (Å²) in [4.78, 5) is 65.9. The fourth-order valence-corrected chi connectivity index (χ4v) is 5.92. The molecule has 2 saturated heterocycles. The second kappa shape index (κ2) is 8.42. The number of primary amides is 1. The quantitative estimate of drug-likeness (QED) is 0.409. The van der Waals surface area contributed by atoms with Crippen molar-refractivity contribution in [3.8, 4) is 0 Å². The van der Waals surface area contributed by atoms with Crippen molar-refractivity contribution in [1.82, 2.24) is 5.32 Å². The minimum absolute atomic E-state index is 0.205. The van der Waals surface area contributed by atoms with Crippen LogP contribution in [0.1, 0.15) is 34.8 Å². The molecule has 4 N–H and O–H groups in total. The lowest BCUT2D eigenvalue weighted by molar-refractivity contribution is -0.130. The molecular weight excluding hydrogens is 488 g/mol. The van der Waals surface area contributed by atoms with Crippen LogP contribution in [0.2, 0.25) is 5.02 Å². The summed E-state index contributed by atoms with van der Waals surface area (Å²) in [6, 6.07) is 8.42. The highest BCUT2D eigenvalue weighted by Gasteiger charge is 2.71. The number of hydrogen-bond acceptors (Lipinski definition) is 7. The molecule has 4 atom stereocenters. The van der Waals surface area contributed by atoms with Gasteiger partial charge in [-0.15, -0.1) is 0 Å². The van der Waals surface area contributed by atoms with Crippen molar-refractivity contribution in [2.24, 2.45) is 17.6 Å². The number of aryl methyl sites for hydroxylation is 1. The predicted molar refractivity (Wildman–Crippen MR) is 129 cm³/mol. The van der Waals surface area contributed by atoms with E-state index in [1.54, 1.807) is 26.0 Å². The second-order valence-corrected chi connectivity index (χ2v) is 9.54. The highest BCUT2D eigenvalue weighted by atomic mass is 35.5. The van der Waals surface area contributed by atoms with Crippen LogP contribution in [-0.2, 0) is 29.5 Å². The van der Waals surface area contributed by atoms with Crippen LogP contribution in [0, 0.1) is 18.8 Å². The maximum absolute atomic E-state index is 13.9. The van der Waals surface area contributed by atoms with E-state index in [1.165, 1.54) is 24.3 Å². The van der Waals surface area contributed by atoms with Crippen molar-refractivity contribution in [3.63, 3.8) is 0 Å². The molecule has 3 heterocycles. The Bertz CT molecular complexity index is 1340. The molecule has 1 spiro atoms. The maximum Gasteiger partial charge on any atom is 0.338 e. The van der Waals surface area contributed by atoms with E-state index in [-0.39, 0.29) is 24.3 Å². The summed E-state index contributed by atoms with van der Waals surface area (Å²) < 4.78 is 4.98. The lowest BCUT2D eigenvalue weighted by Gasteiger charge is -2.29. The third-order valence-corrected chi connectivity index (χ3v) is 7.28. The van der Waals surface area contributed by atoms with Gasteiger partial charge in [-0.1, -0.05) is 17.7 Å². The first-order valence-electron chi connectivity index (χ1n) is 11.4. The number of nitrogens with zero attached hydrogens (tertiary/aromatic N) is 1. The van der Waals surface area contributed by atoms with E-state index in [2.05, 4.69) is 10.6 Å².